The minimum absolute atomic E-state index is 0.798. The highest BCUT2D eigenvalue weighted by Crippen LogP contribution is 2.15. The molecule has 0 radical (unpaired) electrons. The molecule has 0 saturated heterocycles. The average Bonchev–Trinajstić information content (AvgIpc) is 2.67. The first-order valence-electron chi connectivity index (χ1n) is 3.69. The van der Waals surface area contributed by atoms with Crippen molar-refractivity contribution in [2.75, 3.05) is 13.4 Å². The fraction of sp³-hybridized carbons (Fsp3) is 0.250. The molecule has 2 aromatic rings. The van der Waals surface area contributed by atoms with Gasteiger partial charge in [-0.1, -0.05) is 0 Å². The predicted molar refractivity (Wildman–Crippen MR) is 55.4 cm³/mol. The van der Waals surface area contributed by atoms with Gasteiger partial charge < -0.3 is 4.74 Å². The molecule has 1 aromatic carbocycles. The van der Waals surface area contributed by atoms with E-state index in [-0.39, 0.29) is 0 Å². The van der Waals surface area contributed by atoms with Crippen LogP contribution in [0.1, 0.15) is 0 Å². The molecule has 0 atom stereocenters. The van der Waals surface area contributed by atoms with Gasteiger partial charge in [-0.25, -0.2) is 0 Å². The summed E-state index contributed by atoms with van der Waals surface area (Å²) in [5, 5.41) is 10.3. The van der Waals surface area contributed by atoms with Gasteiger partial charge in [-0.15, -0.1) is 0 Å². The zero-order valence-electron chi connectivity index (χ0n) is 7.48. The molecule has 0 aliphatic heterocycles. The number of thiol groups is 1. The third-order valence-corrected chi connectivity index (χ3v) is 1.52. The summed E-state index contributed by atoms with van der Waals surface area (Å²) >= 11 is 3.53. The van der Waals surface area contributed by atoms with Crippen LogP contribution in [0.15, 0.2) is 18.2 Å². The summed E-state index contributed by atoms with van der Waals surface area (Å²) in [6.45, 7) is 0. The van der Waals surface area contributed by atoms with Crippen LogP contribution in [-0.2, 0) is 0 Å². The van der Waals surface area contributed by atoms with Crippen molar-refractivity contribution in [3.8, 4) is 5.75 Å². The number of fused-ring (bicyclic) bond motifs is 1. The maximum atomic E-state index is 5.01. The number of benzene rings is 1. The Balaban J connectivity index is 0.000000396. The Hall–Kier alpha value is -1.23. The summed E-state index contributed by atoms with van der Waals surface area (Å²) < 4.78 is 5.01. The third-order valence-electron chi connectivity index (χ3n) is 1.52. The van der Waals surface area contributed by atoms with Crippen LogP contribution >= 0.6 is 12.6 Å². The average molecular weight is 197 g/mol. The van der Waals surface area contributed by atoms with Crippen molar-refractivity contribution in [3.63, 3.8) is 0 Å². The Morgan fingerprint density at radius 2 is 1.92 bits per heavy atom. The van der Waals surface area contributed by atoms with Crippen molar-refractivity contribution in [3.05, 3.63) is 18.2 Å². The second-order valence-corrected chi connectivity index (χ2v) is 2.18. The van der Waals surface area contributed by atoms with Gasteiger partial charge in [0.25, 0.3) is 0 Å². The summed E-state index contributed by atoms with van der Waals surface area (Å²) in [6, 6.07) is 5.54. The molecular weight excluding hydrogens is 186 g/mol. The first-order chi connectivity index (χ1) is 6.40. The van der Waals surface area contributed by atoms with Gasteiger partial charge in [0.15, 0.2) is 0 Å². The molecular formula is C8H11N3OS. The van der Waals surface area contributed by atoms with Crippen LogP contribution in [0.3, 0.4) is 0 Å². The molecule has 0 aliphatic rings. The van der Waals surface area contributed by atoms with Crippen LogP contribution in [0.5, 0.6) is 5.75 Å². The SMILES string of the molecule is COc1ccc2n[nH]nc2c1.CS. The Morgan fingerprint density at radius 1 is 1.23 bits per heavy atom. The maximum absolute atomic E-state index is 5.01. The second kappa shape index (κ2) is 4.71. The zero-order chi connectivity index (χ0) is 9.68. The van der Waals surface area contributed by atoms with E-state index in [1.807, 2.05) is 18.2 Å². The molecule has 0 amide bonds. The highest BCUT2D eigenvalue weighted by Gasteiger charge is 1.97. The van der Waals surface area contributed by atoms with E-state index in [9.17, 15) is 0 Å². The first kappa shape index (κ1) is 9.85. The smallest absolute Gasteiger partial charge is 0.121 e. The molecule has 1 aromatic heterocycles. The normalized spacial score (nSPS) is 9.15. The lowest BCUT2D eigenvalue weighted by Crippen LogP contribution is -1.81. The number of methoxy groups -OCH3 is 1. The van der Waals surface area contributed by atoms with Crippen molar-refractivity contribution in [1.29, 1.82) is 0 Å². The number of H-pyrrole nitrogens is 1. The minimum Gasteiger partial charge on any atom is -0.497 e. The molecule has 0 spiro atoms. The lowest BCUT2D eigenvalue weighted by Gasteiger charge is -1.95. The molecule has 5 heteroatoms. The zero-order valence-corrected chi connectivity index (χ0v) is 8.38. The molecule has 0 bridgehead atoms. The first-order valence-corrected chi connectivity index (χ1v) is 4.59. The number of rotatable bonds is 1. The van der Waals surface area contributed by atoms with Crippen molar-refractivity contribution < 1.29 is 4.74 Å². The van der Waals surface area contributed by atoms with Gasteiger partial charge in [0.1, 0.15) is 16.8 Å². The molecule has 0 fully saturated rings. The van der Waals surface area contributed by atoms with E-state index in [0.29, 0.717) is 0 Å². The van der Waals surface area contributed by atoms with E-state index in [4.69, 9.17) is 4.74 Å². The topological polar surface area (TPSA) is 50.8 Å². The highest BCUT2D eigenvalue weighted by atomic mass is 32.1. The largest absolute Gasteiger partial charge is 0.497 e. The van der Waals surface area contributed by atoms with Crippen LogP contribution in [0.2, 0.25) is 0 Å². The quantitative estimate of drug-likeness (QED) is 0.681. The van der Waals surface area contributed by atoms with Gasteiger partial charge in [-0.05, 0) is 18.4 Å². The molecule has 0 aliphatic carbocycles. The van der Waals surface area contributed by atoms with Gasteiger partial charge in [0.2, 0.25) is 0 Å². The van der Waals surface area contributed by atoms with Gasteiger partial charge in [0, 0.05) is 6.07 Å². The van der Waals surface area contributed by atoms with E-state index in [2.05, 4.69) is 28.0 Å². The van der Waals surface area contributed by atoms with Crippen LogP contribution < -0.4 is 4.74 Å². The van der Waals surface area contributed by atoms with Crippen LogP contribution in [0.25, 0.3) is 11.0 Å². The lowest BCUT2D eigenvalue weighted by atomic mass is 10.3. The molecule has 1 heterocycles. The second-order valence-electron chi connectivity index (χ2n) is 2.18. The van der Waals surface area contributed by atoms with Crippen molar-refractivity contribution in [1.82, 2.24) is 15.4 Å². The van der Waals surface area contributed by atoms with Crippen LogP contribution in [-0.4, -0.2) is 28.8 Å². The standard InChI is InChI=1S/C7H7N3O.CH4S/c1-11-5-2-3-6-7(4-5)9-10-8-6;1-2/h2-4H,1H3,(H,8,9,10);2H,1H3. The number of nitrogens with zero attached hydrogens (tertiary/aromatic N) is 2. The molecule has 2 rings (SSSR count). The molecule has 1 N–H and O–H groups in total. The Labute approximate surface area is 81.7 Å². The summed E-state index contributed by atoms with van der Waals surface area (Å²) in [5.74, 6) is 0.798. The van der Waals surface area contributed by atoms with Crippen LogP contribution in [0, 0.1) is 0 Å². The highest BCUT2D eigenvalue weighted by molar-refractivity contribution is 7.79. The molecule has 0 saturated carbocycles. The summed E-state index contributed by atoms with van der Waals surface area (Å²) in [4.78, 5) is 0. The monoisotopic (exact) mass is 197 g/mol. The van der Waals surface area contributed by atoms with Crippen molar-refractivity contribution >= 4 is 23.7 Å². The summed E-state index contributed by atoms with van der Waals surface area (Å²) in [6.07, 6.45) is 1.69. The van der Waals surface area contributed by atoms with E-state index in [1.165, 1.54) is 0 Å². The third kappa shape index (κ3) is 2.12. The lowest BCUT2D eigenvalue weighted by molar-refractivity contribution is 0.415. The number of aromatic amines is 1. The van der Waals surface area contributed by atoms with Crippen molar-refractivity contribution in [2.45, 2.75) is 0 Å². The summed E-state index contributed by atoms with van der Waals surface area (Å²) in [5.41, 5.74) is 1.68. The number of nitrogens with one attached hydrogen (secondary N) is 1. The van der Waals surface area contributed by atoms with E-state index >= 15 is 0 Å². The Morgan fingerprint density at radius 3 is 2.62 bits per heavy atom. The number of ether oxygens (including phenoxy) is 1. The Bertz CT molecular complexity index is 374. The minimum atomic E-state index is 0.798. The van der Waals surface area contributed by atoms with Gasteiger partial charge in [-0.3, -0.25) is 0 Å². The fourth-order valence-electron chi connectivity index (χ4n) is 0.947. The van der Waals surface area contributed by atoms with E-state index in [1.54, 1.807) is 13.4 Å². The van der Waals surface area contributed by atoms with E-state index < -0.39 is 0 Å². The van der Waals surface area contributed by atoms with Gasteiger partial charge in [-0.2, -0.15) is 28.0 Å². The predicted octanol–water partition coefficient (Wildman–Crippen LogP) is 1.51. The van der Waals surface area contributed by atoms with E-state index in [0.717, 1.165) is 16.8 Å². The molecule has 70 valence electrons. The number of hydrogen-bond acceptors (Lipinski definition) is 4. The van der Waals surface area contributed by atoms with Gasteiger partial charge in [0.05, 0.1) is 7.11 Å². The summed E-state index contributed by atoms with van der Waals surface area (Å²) in [7, 11) is 1.63. The fourth-order valence-corrected chi connectivity index (χ4v) is 0.947. The van der Waals surface area contributed by atoms with Gasteiger partial charge >= 0.3 is 0 Å². The number of aromatic nitrogens is 3. The van der Waals surface area contributed by atoms with Crippen molar-refractivity contribution in [2.24, 2.45) is 0 Å². The molecule has 0 unspecified atom stereocenters. The Kier molecular flexibility index (Phi) is 3.57. The maximum Gasteiger partial charge on any atom is 0.121 e. The number of hydrogen-bond donors (Lipinski definition) is 2. The molecule has 4 nitrogen and oxygen atoms in total. The van der Waals surface area contributed by atoms with Crippen LogP contribution in [0.4, 0.5) is 0 Å². The molecule has 13 heavy (non-hydrogen) atoms.